The van der Waals surface area contributed by atoms with Gasteiger partial charge in [-0.2, -0.15) is 10.2 Å². The third kappa shape index (κ3) is 5.24. The summed E-state index contributed by atoms with van der Waals surface area (Å²) in [6.07, 6.45) is 10.9. The van der Waals surface area contributed by atoms with Gasteiger partial charge in [-0.05, 0) is 78.4 Å². The predicted octanol–water partition coefficient (Wildman–Crippen LogP) is 5.48. The van der Waals surface area contributed by atoms with Crippen molar-refractivity contribution in [3.63, 3.8) is 0 Å². The number of nitrogen functional groups attached to an aromatic ring is 1. The van der Waals surface area contributed by atoms with Crippen LogP contribution in [0.1, 0.15) is 43.4 Å². The molecule has 2 N–H and O–H groups in total. The molecule has 0 saturated heterocycles. The number of hydrogen-bond acceptors (Lipinski definition) is 5. The first-order valence-electron chi connectivity index (χ1n) is 11.6. The highest BCUT2D eigenvalue weighted by Gasteiger charge is 2.30. The number of nitrogens with zero attached hydrogens (tertiary/aromatic N) is 5. The second-order valence-corrected chi connectivity index (χ2v) is 10.6. The average molecular weight is 539 g/mol. The Bertz CT molecular complexity index is 1370. The molecule has 1 aliphatic rings. The minimum absolute atomic E-state index is 0.265. The number of ether oxygens (including phenoxy) is 1. The first kappa shape index (κ1) is 23.5. The van der Waals surface area contributed by atoms with Gasteiger partial charge in [0, 0.05) is 59.8 Å². The van der Waals surface area contributed by atoms with Crippen molar-refractivity contribution in [2.75, 3.05) is 5.73 Å². The van der Waals surface area contributed by atoms with Crippen LogP contribution in [0.15, 0.2) is 53.5 Å². The molecule has 1 aromatic carbocycles. The van der Waals surface area contributed by atoms with Crippen molar-refractivity contribution in [3.8, 4) is 17.0 Å². The zero-order valence-electron chi connectivity index (χ0n) is 20.0. The van der Waals surface area contributed by atoms with E-state index in [0.29, 0.717) is 17.7 Å². The number of aromatic nitrogens is 5. The van der Waals surface area contributed by atoms with Gasteiger partial charge in [-0.25, -0.2) is 9.37 Å². The van der Waals surface area contributed by atoms with E-state index >= 15 is 0 Å². The Labute approximate surface area is 212 Å². The van der Waals surface area contributed by atoms with Crippen molar-refractivity contribution >= 4 is 21.7 Å². The molecule has 0 unspecified atom stereocenters. The van der Waals surface area contributed by atoms with Gasteiger partial charge in [0.2, 0.25) is 0 Å². The van der Waals surface area contributed by atoms with Crippen LogP contribution in [-0.4, -0.2) is 24.5 Å². The number of rotatable bonds is 8. The summed E-state index contributed by atoms with van der Waals surface area (Å²) >= 11 is 3.41. The lowest BCUT2D eigenvalue weighted by molar-refractivity contribution is 0.109. The summed E-state index contributed by atoms with van der Waals surface area (Å²) in [5, 5.41) is 9.28. The minimum atomic E-state index is -0.919. The van der Waals surface area contributed by atoms with Crippen molar-refractivity contribution in [3.05, 3.63) is 76.0 Å². The number of hydrogen-bond donors (Lipinski definition) is 1. The molecule has 1 saturated carbocycles. The van der Waals surface area contributed by atoms with Crippen molar-refractivity contribution in [1.82, 2.24) is 24.5 Å². The maximum atomic E-state index is 14.5. The van der Waals surface area contributed by atoms with Crippen molar-refractivity contribution in [1.29, 1.82) is 0 Å². The summed E-state index contributed by atoms with van der Waals surface area (Å²) in [7, 11) is 1.89. The van der Waals surface area contributed by atoms with Gasteiger partial charge >= 0.3 is 0 Å². The smallest absolute Gasteiger partial charge is 0.166 e. The lowest BCUT2D eigenvalue weighted by Gasteiger charge is -2.29. The Hall–Kier alpha value is -3.20. The zero-order valence-corrected chi connectivity index (χ0v) is 21.6. The molecule has 35 heavy (non-hydrogen) atoms. The molecule has 0 radical (unpaired) electrons. The van der Waals surface area contributed by atoms with E-state index in [0.717, 1.165) is 39.3 Å². The Balaban J connectivity index is 1.50. The van der Waals surface area contributed by atoms with E-state index in [1.54, 1.807) is 23.0 Å². The monoisotopic (exact) mass is 538 g/mol. The van der Waals surface area contributed by atoms with Crippen molar-refractivity contribution < 1.29 is 9.13 Å². The summed E-state index contributed by atoms with van der Waals surface area (Å²) in [6.45, 7) is 4.74. The molecule has 4 aromatic rings. The van der Waals surface area contributed by atoms with Crippen LogP contribution in [0, 0.1) is 11.7 Å². The van der Waals surface area contributed by atoms with E-state index in [1.165, 1.54) is 25.0 Å². The maximum absolute atomic E-state index is 14.5. The molecule has 0 amide bonds. The number of benzene rings is 1. The van der Waals surface area contributed by atoms with Gasteiger partial charge in [-0.1, -0.05) is 0 Å². The van der Waals surface area contributed by atoms with E-state index < -0.39 is 5.60 Å². The molecule has 3 heterocycles. The van der Waals surface area contributed by atoms with Gasteiger partial charge < -0.3 is 10.5 Å². The van der Waals surface area contributed by atoms with Crippen LogP contribution in [0.4, 0.5) is 10.2 Å². The third-order valence-corrected chi connectivity index (χ3v) is 6.66. The van der Waals surface area contributed by atoms with Gasteiger partial charge in [0.1, 0.15) is 11.4 Å². The molecule has 1 aliphatic carbocycles. The second-order valence-electron chi connectivity index (χ2n) is 9.71. The third-order valence-electron chi connectivity index (χ3n) is 6.23. The topological polar surface area (TPSA) is 83.8 Å². The predicted molar refractivity (Wildman–Crippen MR) is 136 cm³/mol. The molecule has 5 rings (SSSR count). The van der Waals surface area contributed by atoms with Crippen LogP contribution >= 0.6 is 15.9 Å². The summed E-state index contributed by atoms with van der Waals surface area (Å²) in [6, 6.07) is 6.48. The molecule has 3 aromatic heterocycles. The number of halogens is 2. The lowest BCUT2D eigenvalue weighted by Crippen LogP contribution is -2.27. The van der Waals surface area contributed by atoms with Crippen LogP contribution < -0.4 is 10.5 Å². The van der Waals surface area contributed by atoms with E-state index in [9.17, 15) is 4.39 Å². The molecule has 182 valence electrons. The van der Waals surface area contributed by atoms with Gasteiger partial charge in [0.25, 0.3) is 0 Å². The first-order valence-corrected chi connectivity index (χ1v) is 12.4. The fraction of sp³-hybridized carbons (Fsp3) is 0.346. The number of aryl methyl sites for hydroxylation is 1. The minimum Gasteiger partial charge on any atom is -0.479 e. The molecular weight excluding hydrogens is 511 g/mol. The van der Waals surface area contributed by atoms with Gasteiger partial charge in [-0.15, -0.1) is 0 Å². The molecule has 0 atom stereocenters. The van der Waals surface area contributed by atoms with E-state index in [4.69, 9.17) is 15.6 Å². The summed E-state index contributed by atoms with van der Waals surface area (Å²) in [5.74, 6) is 1.10. The number of nitrogens with two attached hydrogens (primary N) is 1. The van der Waals surface area contributed by atoms with Crippen LogP contribution in [0.25, 0.3) is 11.3 Å². The Morgan fingerprint density at radius 2 is 2.00 bits per heavy atom. The van der Waals surface area contributed by atoms with Crippen LogP contribution in [0.3, 0.4) is 0 Å². The fourth-order valence-corrected chi connectivity index (χ4v) is 4.65. The molecule has 1 fully saturated rings. The highest BCUT2D eigenvalue weighted by atomic mass is 79.9. The normalized spacial score (nSPS) is 13.9. The Kier molecular flexibility index (Phi) is 6.13. The van der Waals surface area contributed by atoms with Gasteiger partial charge in [-0.3, -0.25) is 9.36 Å². The first-order chi connectivity index (χ1) is 16.7. The molecule has 0 spiro atoms. The van der Waals surface area contributed by atoms with E-state index in [2.05, 4.69) is 32.2 Å². The summed E-state index contributed by atoms with van der Waals surface area (Å²) in [4.78, 5) is 4.15. The summed E-state index contributed by atoms with van der Waals surface area (Å²) in [5.41, 5.74) is 9.54. The van der Waals surface area contributed by atoms with Crippen LogP contribution in [0.5, 0.6) is 5.75 Å². The zero-order chi connectivity index (χ0) is 24.7. The molecule has 0 bridgehead atoms. The highest BCUT2D eigenvalue weighted by Crippen LogP contribution is 2.38. The molecule has 9 heteroatoms. The molecule has 0 aliphatic heterocycles. The summed E-state index contributed by atoms with van der Waals surface area (Å²) < 4.78 is 25.4. The van der Waals surface area contributed by atoms with E-state index in [1.807, 2.05) is 38.0 Å². The maximum Gasteiger partial charge on any atom is 0.166 e. The molecular formula is C26H28BrFN6O. The Morgan fingerprint density at radius 3 is 2.77 bits per heavy atom. The van der Waals surface area contributed by atoms with Crippen molar-refractivity contribution in [2.24, 2.45) is 13.0 Å². The van der Waals surface area contributed by atoms with Crippen LogP contribution in [0.2, 0.25) is 0 Å². The Morgan fingerprint density at radius 1 is 1.20 bits per heavy atom. The van der Waals surface area contributed by atoms with Gasteiger partial charge in [0.15, 0.2) is 11.6 Å². The number of anilines is 1. The SMILES string of the molecule is Cn1cc(Cc2cnn(CC3CC3)c2)c(-c2ccc(F)cc2C(C)(C)Oc2cc(Br)cnc2N)n1. The van der Waals surface area contributed by atoms with Crippen LogP contribution in [-0.2, 0) is 25.6 Å². The standard InChI is InChI=1S/C26H28BrFN6O/c1-26(2,35-23-9-19(27)12-30-25(23)29)22-10-20(28)6-7-21(22)24-18(15-33(3)32-24)8-17-11-31-34(14-17)13-16-4-5-16/h6-7,9-12,14-16H,4-5,8,13H2,1-3H3,(H2,29,30). The molecule has 7 nitrogen and oxygen atoms in total. The second kappa shape index (κ2) is 9.11. The number of pyridine rings is 1. The van der Waals surface area contributed by atoms with Crippen molar-refractivity contribution in [2.45, 2.75) is 45.3 Å². The average Bonchev–Trinajstić information content (AvgIpc) is 3.38. The quantitative estimate of drug-likeness (QED) is 0.321. The van der Waals surface area contributed by atoms with E-state index in [-0.39, 0.29) is 11.6 Å². The highest BCUT2D eigenvalue weighted by molar-refractivity contribution is 9.10. The van der Waals surface area contributed by atoms with Gasteiger partial charge in [0.05, 0.1) is 11.9 Å². The fourth-order valence-electron chi connectivity index (χ4n) is 4.34. The lowest BCUT2D eigenvalue weighted by atomic mass is 9.89. The largest absolute Gasteiger partial charge is 0.479 e.